The second-order valence-corrected chi connectivity index (χ2v) is 8.62. The van der Waals surface area contributed by atoms with Crippen molar-refractivity contribution in [1.29, 1.82) is 0 Å². The molecule has 4 rings (SSSR count). The average Bonchev–Trinajstić information content (AvgIpc) is 3.23. The minimum Gasteiger partial charge on any atom is -0.323 e. The minimum atomic E-state index is -0.855. The smallest absolute Gasteiger partial charge is 0.323 e. The molecule has 1 saturated heterocycles. The Balaban J connectivity index is 1.50. The van der Waals surface area contributed by atoms with Gasteiger partial charge in [-0.3, -0.25) is 14.5 Å². The highest BCUT2D eigenvalue weighted by atomic mass is 32.1. The van der Waals surface area contributed by atoms with Crippen LogP contribution in [0.1, 0.15) is 38.2 Å². The van der Waals surface area contributed by atoms with Gasteiger partial charge in [0.25, 0.3) is 11.8 Å². The van der Waals surface area contributed by atoms with Crippen molar-refractivity contribution < 1.29 is 14.4 Å². The third-order valence-corrected chi connectivity index (χ3v) is 6.67. The van der Waals surface area contributed by atoms with E-state index in [1.54, 1.807) is 0 Å². The van der Waals surface area contributed by atoms with Gasteiger partial charge < -0.3 is 9.88 Å². The van der Waals surface area contributed by atoms with E-state index in [1.807, 2.05) is 53.4 Å². The third-order valence-electron chi connectivity index (χ3n) is 5.87. The van der Waals surface area contributed by atoms with Gasteiger partial charge >= 0.3 is 6.03 Å². The molecule has 1 N–H and O–H groups in total. The lowest BCUT2D eigenvalue weighted by Crippen LogP contribution is -2.54. The number of urea groups is 1. The summed E-state index contributed by atoms with van der Waals surface area (Å²) < 4.78 is 1.88. The maximum absolute atomic E-state index is 13.0. The van der Waals surface area contributed by atoms with Crippen LogP contribution in [-0.4, -0.2) is 39.4 Å². The molecular formula is C21H24N4O3S. The lowest BCUT2D eigenvalue weighted by molar-refractivity contribution is -0.136. The van der Waals surface area contributed by atoms with Crippen LogP contribution in [0.5, 0.6) is 0 Å². The fourth-order valence-electron chi connectivity index (χ4n) is 4.20. The lowest BCUT2D eigenvalue weighted by Gasteiger charge is -2.36. The number of carbonyl (C=O) groups excluding carboxylic acids is 3. The van der Waals surface area contributed by atoms with Crippen LogP contribution in [0.4, 0.5) is 4.79 Å². The largest absolute Gasteiger partial charge is 0.325 e. The third kappa shape index (κ3) is 3.76. The van der Waals surface area contributed by atoms with Crippen LogP contribution in [0.2, 0.25) is 0 Å². The number of nitrogens with one attached hydrogen (secondary N) is 1. The molecule has 2 unspecified atom stereocenters. The number of thiazole rings is 1. The molecule has 152 valence electrons. The zero-order valence-corrected chi connectivity index (χ0v) is 17.2. The second kappa shape index (κ2) is 7.94. The highest BCUT2D eigenvalue weighted by Crippen LogP contribution is 2.38. The molecule has 1 aliphatic heterocycles. The minimum absolute atomic E-state index is 0.0649. The van der Waals surface area contributed by atoms with E-state index in [-0.39, 0.29) is 18.4 Å². The van der Waals surface area contributed by atoms with E-state index in [0.717, 1.165) is 29.7 Å². The number of imide groups is 1. The zero-order chi connectivity index (χ0) is 20.4. The van der Waals surface area contributed by atoms with E-state index < -0.39 is 17.5 Å². The number of hydrogen-bond donors (Lipinski definition) is 1. The van der Waals surface area contributed by atoms with Gasteiger partial charge in [0.2, 0.25) is 0 Å². The Morgan fingerprint density at radius 3 is 2.83 bits per heavy atom. The maximum atomic E-state index is 13.0. The van der Waals surface area contributed by atoms with Crippen LogP contribution in [0.3, 0.4) is 0 Å². The molecular weight excluding hydrogens is 388 g/mol. The molecule has 1 aromatic carbocycles. The van der Waals surface area contributed by atoms with Gasteiger partial charge in [-0.05, 0) is 24.3 Å². The molecule has 0 radical (unpaired) electrons. The van der Waals surface area contributed by atoms with Crippen molar-refractivity contribution in [3.8, 4) is 0 Å². The zero-order valence-electron chi connectivity index (χ0n) is 16.3. The number of hydrogen-bond acceptors (Lipinski definition) is 4. The molecule has 1 aliphatic carbocycles. The fourth-order valence-corrected chi connectivity index (χ4v) is 4.95. The molecule has 2 aliphatic rings. The van der Waals surface area contributed by atoms with Gasteiger partial charge in [-0.15, -0.1) is 11.3 Å². The van der Waals surface area contributed by atoms with Gasteiger partial charge in [0.05, 0.1) is 0 Å². The van der Waals surface area contributed by atoms with Crippen LogP contribution in [0.15, 0.2) is 46.9 Å². The molecule has 2 atom stereocenters. The highest BCUT2D eigenvalue weighted by molar-refractivity contribution is 7.07. The molecule has 1 saturated carbocycles. The summed E-state index contributed by atoms with van der Waals surface area (Å²) in [4.78, 5) is 43.8. The molecule has 8 heteroatoms. The second-order valence-electron chi connectivity index (χ2n) is 7.74. The van der Waals surface area contributed by atoms with Crippen LogP contribution >= 0.6 is 11.3 Å². The molecule has 1 aromatic heterocycles. The molecule has 2 aromatic rings. The monoisotopic (exact) mass is 412 g/mol. The Labute approximate surface area is 173 Å². The Kier molecular flexibility index (Phi) is 5.36. The van der Waals surface area contributed by atoms with Crippen molar-refractivity contribution in [3.63, 3.8) is 0 Å². The lowest BCUT2D eigenvalue weighted by atomic mass is 9.73. The summed E-state index contributed by atoms with van der Waals surface area (Å²) in [7, 11) is 0. The predicted octanol–water partition coefficient (Wildman–Crippen LogP) is 2.53. The number of nitrogens with zero attached hydrogens (tertiary/aromatic N) is 3. The van der Waals surface area contributed by atoms with Crippen LogP contribution in [-0.2, 0) is 16.1 Å². The van der Waals surface area contributed by atoms with Gasteiger partial charge in [-0.2, -0.15) is 4.99 Å². The Morgan fingerprint density at radius 2 is 2.07 bits per heavy atom. The summed E-state index contributed by atoms with van der Waals surface area (Å²) in [5, 5.41) is 4.73. The molecule has 2 fully saturated rings. The van der Waals surface area contributed by atoms with E-state index in [0.29, 0.717) is 17.8 Å². The van der Waals surface area contributed by atoms with E-state index in [9.17, 15) is 14.4 Å². The molecule has 1 spiro atoms. The summed E-state index contributed by atoms with van der Waals surface area (Å²) in [6, 6.07) is 9.40. The Bertz CT molecular complexity index is 997. The van der Waals surface area contributed by atoms with Crippen molar-refractivity contribution in [2.75, 3.05) is 6.54 Å². The first kappa shape index (κ1) is 19.6. The SMILES string of the molecule is CC1CCCCC12NC(=O)N(CC(=O)N=c1sccn1Cc1ccccc1)C2=O. The fraction of sp³-hybridized carbons (Fsp3) is 0.429. The standard InChI is InChI=1S/C21H24N4O3S/c1-15-7-5-6-10-21(15)18(27)25(19(28)23-21)14-17(26)22-20-24(11-12-29-20)13-16-8-3-2-4-9-16/h2-4,8-9,11-12,15H,5-7,10,13-14H2,1H3,(H,23,28). The summed E-state index contributed by atoms with van der Waals surface area (Å²) >= 11 is 1.35. The predicted molar refractivity (Wildman–Crippen MR) is 109 cm³/mol. The summed E-state index contributed by atoms with van der Waals surface area (Å²) in [6.07, 6.45) is 5.35. The number of rotatable bonds is 4. The van der Waals surface area contributed by atoms with Gasteiger partial charge in [0.1, 0.15) is 12.1 Å². The number of carbonyl (C=O) groups is 3. The number of benzene rings is 1. The first-order valence-electron chi connectivity index (χ1n) is 9.89. The van der Waals surface area contributed by atoms with E-state index in [4.69, 9.17) is 0 Å². The Hall–Kier alpha value is -2.74. The molecule has 7 nitrogen and oxygen atoms in total. The van der Waals surface area contributed by atoms with E-state index in [1.165, 1.54) is 11.3 Å². The van der Waals surface area contributed by atoms with Crippen LogP contribution in [0.25, 0.3) is 0 Å². The quantitative estimate of drug-likeness (QED) is 0.784. The van der Waals surface area contributed by atoms with Crippen molar-refractivity contribution >= 4 is 29.2 Å². The van der Waals surface area contributed by atoms with Crippen molar-refractivity contribution in [2.24, 2.45) is 10.9 Å². The summed E-state index contributed by atoms with van der Waals surface area (Å²) in [5.41, 5.74) is 0.244. The van der Waals surface area contributed by atoms with Crippen LogP contribution < -0.4 is 10.1 Å². The molecule has 2 heterocycles. The van der Waals surface area contributed by atoms with Gasteiger partial charge in [0.15, 0.2) is 4.80 Å². The first-order valence-corrected chi connectivity index (χ1v) is 10.8. The van der Waals surface area contributed by atoms with E-state index in [2.05, 4.69) is 10.3 Å². The Morgan fingerprint density at radius 1 is 1.28 bits per heavy atom. The van der Waals surface area contributed by atoms with Crippen molar-refractivity contribution in [3.05, 3.63) is 52.3 Å². The number of aromatic nitrogens is 1. The van der Waals surface area contributed by atoms with Gasteiger partial charge in [-0.1, -0.05) is 50.1 Å². The highest BCUT2D eigenvalue weighted by Gasteiger charge is 2.55. The van der Waals surface area contributed by atoms with Gasteiger partial charge in [0, 0.05) is 18.1 Å². The average molecular weight is 413 g/mol. The maximum Gasteiger partial charge on any atom is 0.325 e. The van der Waals surface area contributed by atoms with Crippen molar-refractivity contribution in [1.82, 2.24) is 14.8 Å². The summed E-state index contributed by atoms with van der Waals surface area (Å²) in [6.45, 7) is 2.26. The van der Waals surface area contributed by atoms with Crippen LogP contribution in [0, 0.1) is 5.92 Å². The van der Waals surface area contributed by atoms with Gasteiger partial charge in [-0.25, -0.2) is 4.79 Å². The van der Waals surface area contributed by atoms with Crippen molar-refractivity contribution in [2.45, 2.75) is 44.7 Å². The molecule has 0 bridgehead atoms. The molecule has 29 heavy (non-hydrogen) atoms. The topological polar surface area (TPSA) is 83.8 Å². The summed E-state index contributed by atoms with van der Waals surface area (Å²) in [5.74, 6) is -0.727. The van der Waals surface area contributed by atoms with E-state index >= 15 is 0 Å². The normalized spacial score (nSPS) is 24.9. The number of amides is 4. The first-order chi connectivity index (χ1) is 14.0. The molecule has 4 amide bonds.